The Morgan fingerprint density at radius 1 is 1.23 bits per heavy atom. The molecule has 1 heterocycles. The largest absolute Gasteiger partial charge is 0.310 e. The van der Waals surface area contributed by atoms with E-state index in [-0.39, 0.29) is 0 Å². The molecule has 1 saturated heterocycles. The van der Waals surface area contributed by atoms with Crippen LogP contribution < -0.4 is 5.32 Å². The summed E-state index contributed by atoms with van der Waals surface area (Å²) in [5, 5.41) is 3.52. The molecule has 0 bridgehead atoms. The van der Waals surface area contributed by atoms with Gasteiger partial charge < -0.3 is 5.32 Å². The molecule has 0 spiro atoms. The molecule has 0 saturated carbocycles. The molecule has 1 aromatic rings. The second-order valence-electron chi connectivity index (χ2n) is 3.99. The molecule has 2 rings (SSSR count). The van der Waals surface area contributed by atoms with E-state index in [1.807, 2.05) is 0 Å². The fourth-order valence-corrected chi connectivity index (χ4v) is 1.95. The predicted molar refractivity (Wildman–Crippen MR) is 55.9 cm³/mol. The van der Waals surface area contributed by atoms with Gasteiger partial charge in [-0.25, -0.2) is 0 Å². The molecule has 0 amide bonds. The van der Waals surface area contributed by atoms with Crippen LogP contribution in [0.1, 0.15) is 35.6 Å². The number of benzene rings is 1. The molecular formula is C12H17N. The van der Waals surface area contributed by atoms with Gasteiger partial charge in [0.25, 0.3) is 0 Å². The van der Waals surface area contributed by atoms with Gasteiger partial charge in [0.1, 0.15) is 0 Å². The molecule has 0 radical (unpaired) electrons. The van der Waals surface area contributed by atoms with Crippen LogP contribution >= 0.6 is 0 Å². The minimum Gasteiger partial charge on any atom is -0.310 e. The molecule has 70 valence electrons. The van der Waals surface area contributed by atoms with Crippen LogP contribution in [0.3, 0.4) is 0 Å². The van der Waals surface area contributed by atoms with Gasteiger partial charge in [-0.05, 0) is 49.9 Å². The topological polar surface area (TPSA) is 12.0 Å². The van der Waals surface area contributed by atoms with Gasteiger partial charge >= 0.3 is 0 Å². The van der Waals surface area contributed by atoms with Crippen molar-refractivity contribution in [2.24, 2.45) is 0 Å². The first kappa shape index (κ1) is 8.76. The lowest BCUT2D eigenvalue weighted by Crippen LogP contribution is -2.12. The van der Waals surface area contributed by atoms with Crippen LogP contribution in [0, 0.1) is 13.8 Å². The average molecular weight is 175 g/mol. The minimum absolute atomic E-state index is 0.610. The van der Waals surface area contributed by atoms with Gasteiger partial charge in [-0.15, -0.1) is 0 Å². The first-order valence-electron chi connectivity index (χ1n) is 5.08. The number of aryl methyl sites for hydroxylation is 2. The van der Waals surface area contributed by atoms with Crippen LogP contribution in [0.2, 0.25) is 0 Å². The fourth-order valence-electron chi connectivity index (χ4n) is 1.95. The number of hydrogen-bond acceptors (Lipinski definition) is 1. The third-order valence-electron chi connectivity index (χ3n) is 2.99. The van der Waals surface area contributed by atoms with Gasteiger partial charge in [-0.3, -0.25) is 0 Å². The summed E-state index contributed by atoms with van der Waals surface area (Å²) in [6, 6.07) is 7.41. The first-order valence-corrected chi connectivity index (χ1v) is 5.08. The van der Waals surface area contributed by atoms with E-state index in [4.69, 9.17) is 0 Å². The summed E-state index contributed by atoms with van der Waals surface area (Å²) < 4.78 is 0. The lowest BCUT2D eigenvalue weighted by molar-refractivity contribution is 0.647. The molecule has 13 heavy (non-hydrogen) atoms. The Hall–Kier alpha value is -0.820. The van der Waals surface area contributed by atoms with E-state index < -0.39 is 0 Å². The van der Waals surface area contributed by atoms with Crippen molar-refractivity contribution >= 4 is 0 Å². The van der Waals surface area contributed by atoms with E-state index in [1.54, 1.807) is 0 Å². The van der Waals surface area contributed by atoms with Crippen LogP contribution in [-0.4, -0.2) is 6.54 Å². The van der Waals surface area contributed by atoms with E-state index in [2.05, 4.69) is 37.4 Å². The second kappa shape index (κ2) is 3.51. The summed E-state index contributed by atoms with van der Waals surface area (Å²) in [5.41, 5.74) is 4.26. The van der Waals surface area contributed by atoms with E-state index in [0.29, 0.717) is 6.04 Å². The molecule has 0 unspecified atom stereocenters. The lowest BCUT2D eigenvalue weighted by atomic mass is 10.0. The van der Waals surface area contributed by atoms with Crippen molar-refractivity contribution in [3.05, 3.63) is 34.9 Å². The van der Waals surface area contributed by atoms with E-state index in [9.17, 15) is 0 Å². The van der Waals surface area contributed by atoms with Crippen molar-refractivity contribution in [3.8, 4) is 0 Å². The van der Waals surface area contributed by atoms with Crippen LogP contribution in [-0.2, 0) is 0 Å². The normalized spacial score (nSPS) is 22.2. The Bertz CT molecular complexity index is 298. The maximum atomic E-state index is 3.52. The van der Waals surface area contributed by atoms with Crippen molar-refractivity contribution in [3.63, 3.8) is 0 Å². The number of hydrogen-bond donors (Lipinski definition) is 1. The standard InChI is InChI=1S/C12H17N/c1-9-5-6-11(8-10(9)2)12-4-3-7-13-12/h5-6,8,12-13H,3-4,7H2,1-2H3/t12-/m0/s1. The molecule has 1 aromatic carbocycles. The van der Waals surface area contributed by atoms with Gasteiger partial charge in [0.15, 0.2) is 0 Å². The average Bonchev–Trinajstić information content (AvgIpc) is 2.62. The van der Waals surface area contributed by atoms with Crippen molar-refractivity contribution < 1.29 is 0 Å². The molecular weight excluding hydrogens is 158 g/mol. The van der Waals surface area contributed by atoms with Gasteiger partial charge in [0.2, 0.25) is 0 Å². The smallest absolute Gasteiger partial charge is 0.0320 e. The third kappa shape index (κ3) is 1.75. The molecule has 1 atom stereocenters. The Kier molecular flexibility index (Phi) is 2.36. The SMILES string of the molecule is Cc1ccc([C@@H]2CCCN2)cc1C. The van der Waals surface area contributed by atoms with E-state index in [1.165, 1.54) is 36.1 Å². The maximum absolute atomic E-state index is 3.52. The Balaban J connectivity index is 2.25. The quantitative estimate of drug-likeness (QED) is 0.692. The fraction of sp³-hybridized carbons (Fsp3) is 0.500. The zero-order chi connectivity index (χ0) is 9.26. The summed E-state index contributed by atoms with van der Waals surface area (Å²) in [6.07, 6.45) is 2.61. The van der Waals surface area contributed by atoms with E-state index >= 15 is 0 Å². The summed E-state index contributed by atoms with van der Waals surface area (Å²) in [6.45, 7) is 5.53. The lowest BCUT2D eigenvalue weighted by Gasteiger charge is -2.12. The van der Waals surface area contributed by atoms with Crippen LogP contribution in [0.15, 0.2) is 18.2 Å². The highest BCUT2D eigenvalue weighted by atomic mass is 14.9. The summed E-state index contributed by atoms with van der Waals surface area (Å²) in [4.78, 5) is 0. The van der Waals surface area contributed by atoms with Gasteiger partial charge in [-0.1, -0.05) is 18.2 Å². The maximum Gasteiger partial charge on any atom is 0.0320 e. The van der Waals surface area contributed by atoms with Crippen molar-refractivity contribution in [2.75, 3.05) is 6.54 Å². The van der Waals surface area contributed by atoms with Crippen LogP contribution in [0.5, 0.6) is 0 Å². The summed E-state index contributed by atoms with van der Waals surface area (Å²) in [7, 11) is 0. The third-order valence-corrected chi connectivity index (χ3v) is 2.99. The number of nitrogens with one attached hydrogen (secondary N) is 1. The monoisotopic (exact) mass is 175 g/mol. The van der Waals surface area contributed by atoms with Crippen LogP contribution in [0.4, 0.5) is 0 Å². The molecule has 1 nitrogen and oxygen atoms in total. The summed E-state index contributed by atoms with van der Waals surface area (Å²) >= 11 is 0. The molecule has 1 heteroatoms. The zero-order valence-corrected chi connectivity index (χ0v) is 8.43. The molecule has 1 N–H and O–H groups in total. The van der Waals surface area contributed by atoms with Crippen molar-refractivity contribution in [2.45, 2.75) is 32.7 Å². The van der Waals surface area contributed by atoms with E-state index in [0.717, 1.165) is 0 Å². The van der Waals surface area contributed by atoms with Crippen molar-refractivity contribution in [1.82, 2.24) is 5.32 Å². The molecule has 0 aromatic heterocycles. The van der Waals surface area contributed by atoms with Crippen LogP contribution in [0.25, 0.3) is 0 Å². The highest BCUT2D eigenvalue weighted by Crippen LogP contribution is 2.24. The molecule has 1 fully saturated rings. The van der Waals surface area contributed by atoms with Gasteiger partial charge in [0, 0.05) is 6.04 Å². The first-order chi connectivity index (χ1) is 6.27. The molecule has 0 aliphatic carbocycles. The highest BCUT2D eigenvalue weighted by molar-refractivity contribution is 5.32. The summed E-state index contributed by atoms with van der Waals surface area (Å²) in [5.74, 6) is 0. The Labute approximate surface area is 80.2 Å². The predicted octanol–water partition coefficient (Wildman–Crippen LogP) is 2.73. The van der Waals surface area contributed by atoms with Gasteiger partial charge in [-0.2, -0.15) is 0 Å². The minimum atomic E-state index is 0.610. The Morgan fingerprint density at radius 2 is 2.08 bits per heavy atom. The van der Waals surface area contributed by atoms with Gasteiger partial charge in [0.05, 0.1) is 0 Å². The Morgan fingerprint density at radius 3 is 2.69 bits per heavy atom. The second-order valence-corrected chi connectivity index (χ2v) is 3.99. The van der Waals surface area contributed by atoms with Crippen molar-refractivity contribution in [1.29, 1.82) is 0 Å². The highest BCUT2D eigenvalue weighted by Gasteiger charge is 2.15. The number of rotatable bonds is 1. The molecule has 1 aliphatic rings. The zero-order valence-electron chi connectivity index (χ0n) is 8.43. The molecule has 1 aliphatic heterocycles.